The van der Waals surface area contributed by atoms with Gasteiger partial charge in [0.1, 0.15) is 5.69 Å². The van der Waals surface area contributed by atoms with Crippen LogP contribution in [0.3, 0.4) is 0 Å². The van der Waals surface area contributed by atoms with Crippen LogP contribution in [-0.2, 0) is 10.0 Å². The number of hydrogen-bond donors (Lipinski definition) is 3. The second kappa shape index (κ2) is 8.38. The van der Waals surface area contributed by atoms with Gasteiger partial charge in [-0.3, -0.25) is 14.8 Å². The minimum atomic E-state index is -4.00. The summed E-state index contributed by atoms with van der Waals surface area (Å²) in [5.41, 5.74) is 2.04. The van der Waals surface area contributed by atoms with Crippen LogP contribution in [0.25, 0.3) is 0 Å². The highest BCUT2D eigenvalue weighted by Gasteiger charge is 2.27. The van der Waals surface area contributed by atoms with Gasteiger partial charge in [-0.2, -0.15) is 0 Å². The van der Waals surface area contributed by atoms with Crippen molar-refractivity contribution in [3.8, 4) is 0 Å². The van der Waals surface area contributed by atoms with E-state index in [9.17, 15) is 23.6 Å². The van der Waals surface area contributed by atoms with Crippen molar-refractivity contribution in [2.75, 3.05) is 10.0 Å². The summed E-state index contributed by atoms with van der Waals surface area (Å²) >= 11 is 0. The summed E-state index contributed by atoms with van der Waals surface area (Å²) in [4.78, 5) is 10.7. The van der Waals surface area contributed by atoms with Crippen LogP contribution in [0.2, 0.25) is 0 Å². The van der Waals surface area contributed by atoms with Gasteiger partial charge in [0.05, 0.1) is 27.7 Å². The van der Waals surface area contributed by atoms with Crippen LogP contribution in [0, 0.1) is 24.0 Å². The van der Waals surface area contributed by atoms with E-state index >= 15 is 0 Å². The van der Waals surface area contributed by atoms with Crippen LogP contribution in [0.1, 0.15) is 36.8 Å². The Kier molecular flexibility index (Phi) is 6.09. The maximum atomic E-state index is 12.8. The highest BCUT2D eigenvalue weighted by atomic mass is 32.2. The lowest BCUT2D eigenvalue weighted by molar-refractivity contribution is -0.384. The van der Waals surface area contributed by atoms with Crippen molar-refractivity contribution in [1.82, 2.24) is 0 Å². The van der Waals surface area contributed by atoms with Gasteiger partial charge in [0.25, 0.3) is 15.7 Å². The zero-order chi connectivity index (χ0) is 21.2. The first-order valence-corrected chi connectivity index (χ1v) is 11.0. The van der Waals surface area contributed by atoms with Gasteiger partial charge >= 0.3 is 0 Å². The Morgan fingerprint density at radius 3 is 2.41 bits per heavy atom. The van der Waals surface area contributed by atoms with Crippen LogP contribution < -0.4 is 10.0 Å². The van der Waals surface area contributed by atoms with E-state index in [1.165, 1.54) is 12.1 Å². The van der Waals surface area contributed by atoms with E-state index in [0.717, 1.165) is 30.0 Å². The number of nitrogens with one attached hydrogen (secondary N) is 2. The first-order chi connectivity index (χ1) is 13.7. The van der Waals surface area contributed by atoms with E-state index in [1.54, 1.807) is 19.1 Å². The van der Waals surface area contributed by atoms with E-state index < -0.39 is 21.1 Å². The van der Waals surface area contributed by atoms with Crippen molar-refractivity contribution in [1.29, 1.82) is 0 Å². The monoisotopic (exact) mass is 419 g/mol. The predicted octanol–water partition coefficient (Wildman–Crippen LogP) is 3.73. The number of aliphatic hydroxyl groups excluding tert-OH is 1. The molecule has 8 nitrogen and oxygen atoms in total. The van der Waals surface area contributed by atoms with Gasteiger partial charge in [-0.05, 0) is 50.5 Å². The van der Waals surface area contributed by atoms with E-state index in [-0.39, 0.29) is 22.3 Å². The van der Waals surface area contributed by atoms with Gasteiger partial charge < -0.3 is 10.4 Å². The molecule has 2 aromatic carbocycles. The molecule has 29 heavy (non-hydrogen) atoms. The molecule has 0 aromatic heterocycles. The molecule has 9 heteroatoms. The van der Waals surface area contributed by atoms with Crippen molar-refractivity contribution in [3.05, 3.63) is 57.6 Å². The molecule has 1 aliphatic carbocycles. The maximum absolute atomic E-state index is 12.8. The normalized spacial score (nSPS) is 19.6. The van der Waals surface area contributed by atoms with Gasteiger partial charge in [-0.15, -0.1) is 0 Å². The zero-order valence-corrected chi connectivity index (χ0v) is 17.2. The second-order valence-corrected chi connectivity index (χ2v) is 9.14. The van der Waals surface area contributed by atoms with Crippen LogP contribution in [0.4, 0.5) is 17.1 Å². The molecule has 2 aromatic rings. The lowest BCUT2D eigenvalue weighted by Crippen LogP contribution is -2.36. The molecule has 1 fully saturated rings. The summed E-state index contributed by atoms with van der Waals surface area (Å²) in [6.07, 6.45) is 2.60. The van der Waals surface area contributed by atoms with Gasteiger partial charge in [0, 0.05) is 6.07 Å². The molecular formula is C20H25N3O5S. The fraction of sp³-hybridized carbons (Fsp3) is 0.400. The fourth-order valence-corrected chi connectivity index (χ4v) is 4.71. The molecule has 1 aliphatic rings. The third-order valence-corrected chi connectivity index (χ3v) is 6.54. The van der Waals surface area contributed by atoms with Crippen molar-refractivity contribution in [2.24, 2.45) is 0 Å². The Hall–Kier alpha value is -2.65. The molecule has 3 rings (SSSR count). The number of nitro groups is 1. The van der Waals surface area contributed by atoms with Crippen LogP contribution >= 0.6 is 0 Å². The summed E-state index contributed by atoms with van der Waals surface area (Å²) in [7, 11) is -4.00. The van der Waals surface area contributed by atoms with Crippen molar-refractivity contribution in [2.45, 2.75) is 56.6 Å². The molecule has 0 heterocycles. The number of hydrogen-bond acceptors (Lipinski definition) is 6. The number of aryl methyl sites for hydroxylation is 2. The first kappa shape index (κ1) is 21.1. The first-order valence-electron chi connectivity index (χ1n) is 9.50. The number of anilines is 2. The van der Waals surface area contributed by atoms with E-state index in [2.05, 4.69) is 10.0 Å². The molecule has 0 saturated heterocycles. The smallest absolute Gasteiger partial charge is 0.293 e. The molecule has 0 spiro atoms. The molecule has 0 amide bonds. The highest BCUT2D eigenvalue weighted by molar-refractivity contribution is 7.92. The number of nitro benzene ring substituents is 1. The molecule has 2 atom stereocenters. The summed E-state index contributed by atoms with van der Waals surface area (Å²) in [6.45, 7) is 3.69. The van der Waals surface area contributed by atoms with Crippen LogP contribution in [-0.4, -0.2) is 30.6 Å². The van der Waals surface area contributed by atoms with Crippen molar-refractivity contribution < 1.29 is 18.4 Å². The number of benzene rings is 2. The summed E-state index contributed by atoms with van der Waals surface area (Å²) < 4.78 is 28.0. The quantitative estimate of drug-likeness (QED) is 0.484. The summed E-state index contributed by atoms with van der Waals surface area (Å²) in [5.74, 6) is 0. The standard InChI is InChI=1S/C20H25N3O5S/c1-13-7-9-16(14(2)11-13)22-29(27,28)15-8-10-17(19(12-15)23(25)26)21-18-5-3-4-6-20(18)24/h7-12,18,20-22,24H,3-6H2,1-2H3/t18-,20-/m1/s1. The van der Waals surface area contributed by atoms with E-state index in [4.69, 9.17) is 0 Å². The maximum Gasteiger partial charge on any atom is 0.293 e. The zero-order valence-electron chi connectivity index (χ0n) is 16.4. The average molecular weight is 420 g/mol. The lowest BCUT2D eigenvalue weighted by atomic mass is 9.92. The molecule has 1 saturated carbocycles. The fourth-order valence-electron chi connectivity index (χ4n) is 3.56. The number of aliphatic hydroxyl groups is 1. The van der Waals surface area contributed by atoms with E-state index in [0.29, 0.717) is 18.5 Å². The summed E-state index contributed by atoms with van der Waals surface area (Å²) in [6, 6.07) is 8.77. The minimum absolute atomic E-state index is 0.195. The average Bonchev–Trinajstić information content (AvgIpc) is 2.66. The van der Waals surface area contributed by atoms with Gasteiger partial charge in [0.2, 0.25) is 0 Å². The van der Waals surface area contributed by atoms with Crippen molar-refractivity contribution in [3.63, 3.8) is 0 Å². The van der Waals surface area contributed by atoms with Crippen molar-refractivity contribution >= 4 is 27.1 Å². The number of sulfonamides is 1. The molecule has 3 N–H and O–H groups in total. The SMILES string of the molecule is Cc1ccc(NS(=O)(=O)c2ccc(N[C@@H]3CCCC[C@H]3O)c([N+](=O)[O-])c2)c(C)c1. The molecular weight excluding hydrogens is 394 g/mol. The highest BCUT2D eigenvalue weighted by Crippen LogP contribution is 2.31. The molecule has 0 bridgehead atoms. The largest absolute Gasteiger partial charge is 0.391 e. The molecule has 156 valence electrons. The second-order valence-electron chi connectivity index (χ2n) is 7.46. The molecule has 0 aliphatic heterocycles. The lowest BCUT2D eigenvalue weighted by Gasteiger charge is -2.29. The Bertz CT molecular complexity index is 1020. The predicted molar refractivity (Wildman–Crippen MR) is 112 cm³/mol. The van der Waals surface area contributed by atoms with Gasteiger partial charge in [0.15, 0.2) is 0 Å². The minimum Gasteiger partial charge on any atom is -0.391 e. The van der Waals surface area contributed by atoms with Gasteiger partial charge in [-0.25, -0.2) is 8.42 Å². The topological polar surface area (TPSA) is 122 Å². The Labute approximate surface area is 170 Å². The molecule has 0 radical (unpaired) electrons. The Balaban J connectivity index is 1.89. The van der Waals surface area contributed by atoms with Crippen LogP contribution in [0.15, 0.2) is 41.3 Å². The summed E-state index contributed by atoms with van der Waals surface area (Å²) in [5, 5.41) is 24.7. The third-order valence-electron chi connectivity index (χ3n) is 5.17. The molecule has 0 unspecified atom stereocenters. The Morgan fingerprint density at radius 2 is 1.76 bits per heavy atom. The van der Waals surface area contributed by atoms with Crippen LogP contribution in [0.5, 0.6) is 0 Å². The Morgan fingerprint density at radius 1 is 1.07 bits per heavy atom. The third kappa shape index (κ3) is 4.86. The van der Waals surface area contributed by atoms with Gasteiger partial charge in [-0.1, -0.05) is 30.5 Å². The number of nitrogens with zero attached hydrogens (tertiary/aromatic N) is 1. The number of rotatable bonds is 6. The van der Waals surface area contributed by atoms with E-state index in [1.807, 2.05) is 13.0 Å².